The van der Waals surface area contributed by atoms with Crippen molar-refractivity contribution < 1.29 is 9.59 Å². The molecule has 38 heavy (non-hydrogen) atoms. The number of amides is 4. The molecule has 0 atom stereocenters. The highest BCUT2D eigenvalue weighted by Crippen LogP contribution is 2.29. The Labute approximate surface area is 228 Å². The molecule has 5 aromatic rings. The van der Waals surface area contributed by atoms with Crippen LogP contribution < -0.4 is 21.3 Å². The standard InChI is InChI=1S/C28H28N6O2S2/c1-27(2,33-23(35)31-25-29-19-12-5-7-14-21(19)37-25)17-10-9-11-18(16-17)28(3,4)34-24(36)32-26-30-20-13-6-8-15-22(20)38-26/h5-16H,1-4H3,(H2,29,31,33,35)(H2,30,32,34,36). The number of anilines is 2. The molecule has 4 N–H and O–H groups in total. The third kappa shape index (κ3) is 5.61. The van der Waals surface area contributed by atoms with Crippen LogP contribution in [-0.4, -0.2) is 22.0 Å². The van der Waals surface area contributed by atoms with Gasteiger partial charge in [-0.2, -0.15) is 0 Å². The summed E-state index contributed by atoms with van der Waals surface area (Å²) in [5.74, 6) is 0. The van der Waals surface area contributed by atoms with Crippen molar-refractivity contribution in [1.82, 2.24) is 20.6 Å². The Morgan fingerprint density at radius 1 is 0.632 bits per heavy atom. The zero-order chi connectivity index (χ0) is 26.9. The lowest BCUT2D eigenvalue weighted by Gasteiger charge is -2.31. The Hall–Kier alpha value is -4.02. The Bertz CT molecular complexity index is 1460. The second-order valence-electron chi connectivity index (χ2n) is 9.96. The summed E-state index contributed by atoms with van der Waals surface area (Å²) in [6, 6.07) is 22.7. The van der Waals surface area contributed by atoms with Crippen molar-refractivity contribution >= 4 is 65.4 Å². The van der Waals surface area contributed by atoms with Crippen LogP contribution in [-0.2, 0) is 11.1 Å². The number of para-hydroxylation sites is 2. The quantitative estimate of drug-likeness (QED) is 0.184. The first-order chi connectivity index (χ1) is 18.1. The molecule has 0 unspecified atom stereocenters. The van der Waals surface area contributed by atoms with E-state index in [0.717, 1.165) is 31.6 Å². The summed E-state index contributed by atoms with van der Waals surface area (Å²) in [6.45, 7) is 7.74. The molecule has 3 aromatic carbocycles. The minimum Gasteiger partial charge on any atom is -0.329 e. The van der Waals surface area contributed by atoms with Gasteiger partial charge in [-0.05, 0) is 63.1 Å². The average molecular weight is 545 g/mol. The highest BCUT2D eigenvalue weighted by Gasteiger charge is 2.28. The molecule has 194 valence electrons. The van der Waals surface area contributed by atoms with E-state index in [1.165, 1.54) is 22.7 Å². The number of hydrogen-bond donors (Lipinski definition) is 4. The molecule has 10 heteroatoms. The van der Waals surface area contributed by atoms with Gasteiger partial charge in [0.25, 0.3) is 0 Å². The minimum absolute atomic E-state index is 0.341. The molecule has 0 saturated heterocycles. The van der Waals surface area contributed by atoms with Gasteiger partial charge in [0.1, 0.15) is 0 Å². The van der Waals surface area contributed by atoms with Crippen molar-refractivity contribution in [1.29, 1.82) is 0 Å². The van der Waals surface area contributed by atoms with Gasteiger partial charge in [-0.3, -0.25) is 10.6 Å². The van der Waals surface area contributed by atoms with Gasteiger partial charge in [-0.25, -0.2) is 19.6 Å². The lowest BCUT2D eigenvalue weighted by atomic mass is 9.87. The number of nitrogens with one attached hydrogen (secondary N) is 4. The maximum Gasteiger partial charge on any atom is 0.321 e. The zero-order valence-corrected chi connectivity index (χ0v) is 23.1. The van der Waals surface area contributed by atoms with Crippen LogP contribution in [0, 0.1) is 0 Å². The normalized spacial score (nSPS) is 11.9. The summed E-state index contributed by atoms with van der Waals surface area (Å²) in [7, 11) is 0. The Kier molecular flexibility index (Phi) is 6.77. The Morgan fingerprint density at radius 3 is 1.47 bits per heavy atom. The number of aromatic nitrogens is 2. The van der Waals surface area contributed by atoms with E-state index < -0.39 is 11.1 Å². The predicted octanol–water partition coefficient (Wildman–Crippen LogP) is 7.02. The van der Waals surface area contributed by atoms with Crippen LogP contribution >= 0.6 is 22.7 Å². The first-order valence-electron chi connectivity index (χ1n) is 12.1. The number of urea groups is 2. The number of nitrogens with zero attached hydrogens (tertiary/aromatic N) is 2. The minimum atomic E-state index is -0.684. The van der Waals surface area contributed by atoms with E-state index >= 15 is 0 Å². The van der Waals surface area contributed by atoms with Crippen molar-refractivity contribution in [2.45, 2.75) is 38.8 Å². The molecule has 5 rings (SSSR count). The first-order valence-corrected chi connectivity index (χ1v) is 13.7. The highest BCUT2D eigenvalue weighted by molar-refractivity contribution is 7.22. The number of fused-ring (bicyclic) bond motifs is 2. The third-order valence-corrected chi connectivity index (χ3v) is 8.09. The molecular formula is C28H28N6O2S2. The summed E-state index contributed by atoms with van der Waals surface area (Å²) >= 11 is 2.85. The highest BCUT2D eigenvalue weighted by atomic mass is 32.1. The fraction of sp³-hybridized carbons (Fsp3) is 0.214. The summed E-state index contributed by atoms with van der Waals surface area (Å²) in [5.41, 5.74) is 2.13. The van der Waals surface area contributed by atoms with Gasteiger partial charge in [0.15, 0.2) is 10.3 Å². The molecule has 2 aromatic heterocycles. The number of carbonyl (C=O) groups excluding carboxylic acids is 2. The van der Waals surface area contributed by atoms with Gasteiger partial charge < -0.3 is 10.6 Å². The van der Waals surface area contributed by atoms with Crippen LogP contribution in [0.1, 0.15) is 38.8 Å². The second kappa shape index (κ2) is 10.0. The molecule has 0 spiro atoms. The molecule has 4 amide bonds. The van der Waals surface area contributed by atoms with Gasteiger partial charge in [0, 0.05) is 0 Å². The van der Waals surface area contributed by atoms with Crippen LogP contribution in [0.3, 0.4) is 0 Å². The van der Waals surface area contributed by atoms with Crippen molar-refractivity contribution in [3.8, 4) is 0 Å². The fourth-order valence-corrected chi connectivity index (χ4v) is 5.84. The van der Waals surface area contributed by atoms with Gasteiger partial charge >= 0.3 is 12.1 Å². The van der Waals surface area contributed by atoms with Crippen molar-refractivity contribution in [2.75, 3.05) is 10.6 Å². The van der Waals surface area contributed by atoms with Crippen LogP contribution in [0.25, 0.3) is 20.4 Å². The van der Waals surface area contributed by atoms with E-state index in [1.807, 2.05) is 100 Å². The predicted molar refractivity (Wildman–Crippen MR) is 156 cm³/mol. The third-order valence-electron chi connectivity index (χ3n) is 6.19. The molecule has 0 saturated carbocycles. The van der Waals surface area contributed by atoms with E-state index in [2.05, 4.69) is 31.2 Å². The molecule has 2 heterocycles. The molecule has 0 aliphatic carbocycles. The van der Waals surface area contributed by atoms with E-state index in [4.69, 9.17) is 0 Å². The lowest BCUT2D eigenvalue weighted by Crippen LogP contribution is -2.45. The van der Waals surface area contributed by atoms with Gasteiger partial charge in [0.2, 0.25) is 0 Å². The van der Waals surface area contributed by atoms with Crippen LogP contribution in [0.5, 0.6) is 0 Å². The molecule has 0 fully saturated rings. The first kappa shape index (κ1) is 25.6. The van der Waals surface area contributed by atoms with Crippen molar-refractivity contribution in [2.24, 2.45) is 0 Å². The van der Waals surface area contributed by atoms with Crippen molar-refractivity contribution in [3.63, 3.8) is 0 Å². The zero-order valence-electron chi connectivity index (χ0n) is 21.5. The van der Waals surface area contributed by atoms with Gasteiger partial charge in [-0.1, -0.05) is 71.2 Å². The SMILES string of the molecule is CC(C)(NC(=O)Nc1nc2ccccc2s1)c1cccc(C(C)(C)NC(=O)Nc2nc3ccccc3s2)c1. The van der Waals surface area contributed by atoms with E-state index in [9.17, 15) is 9.59 Å². The van der Waals surface area contributed by atoms with E-state index in [0.29, 0.717) is 10.3 Å². The topological polar surface area (TPSA) is 108 Å². The smallest absolute Gasteiger partial charge is 0.321 e. The Morgan fingerprint density at radius 2 is 1.05 bits per heavy atom. The van der Waals surface area contributed by atoms with E-state index in [1.54, 1.807) is 0 Å². The van der Waals surface area contributed by atoms with Crippen LogP contribution in [0.2, 0.25) is 0 Å². The largest absolute Gasteiger partial charge is 0.329 e. The fourth-order valence-electron chi connectivity index (χ4n) is 4.12. The monoisotopic (exact) mass is 544 g/mol. The maximum atomic E-state index is 12.8. The summed E-state index contributed by atoms with van der Waals surface area (Å²) in [6.07, 6.45) is 0. The summed E-state index contributed by atoms with van der Waals surface area (Å²) in [4.78, 5) is 34.6. The summed E-state index contributed by atoms with van der Waals surface area (Å²) in [5, 5.41) is 12.9. The number of carbonyl (C=O) groups is 2. The number of hydrogen-bond acceptors (Lipinski definition) is 6. The number of thiazole rings is 2. The number of benzene rings is 3. The molecular weight excluding hydrogens is 516 g/mol. The second-order valence-corrected chi connectivity index (χ2v) is 12.0. The molecule has 0 bridgehead atoms. The van der Waals surface area contributed by atoms with Crippen LogP contribution in [0.4, 0.5) is 19.9 Å². The van der Waals surface area contributed by atoms with Gasteiger partial charge in [-0.15, -0.1) is 0 Å². The molecule has 0 aliphatic rings. The number of rotatable bonds is 6. The van der Waals surface area contributed by atoms with Crippen LogP contribution in [0.15, 0.2) is 72.8 Å². The van der Waals surface area contributed by atoms with E-state index in [-0.39, 0.29) is 12.1 Å². The Balaban J connectivity index is 1.25. The summed E-state index contributed by atoms with van der Waals surface area (Å²) < 4.78 is 2.02. The molecule has 8 nitrogen and oxygen atoms in total. The van der Waals surface area contributed by atoms with Crippen molar-refractivity contribution in [3.05, 3.63) is 83.9 Å². The molecule has 0 radical (unpaired) electrons. The average Bonchev–Trinajstić information content (AvgIpc) is 3.45. The molecule has 0 aliphatic heterocycles. The maximum absolute atomic E-state index is 12.8. The lowest BCUT2D eigenvalue weighted by molar-refractivity contribution is 0.241. The van der Waals surface area contributed by atoms with Gasteiger partial charge in [0.05, 0.1) is 31.5 Å².